The number of ether oxygens (including phenoxy) is 1. The SMILES string of the molecule is CN(C(=O)Oc1ccc(Nc2nnns2)cc1)c1ccccc1. The van der Waals surface area contributed by atoms with E-state index in [1.807, 2.05) is 30.3 Å². The van der Waals surface area contributed by atoms with E-state index in [4.69, 9.17) is 4.74 Å². The van der Waals surface area contributed by atoms with Gasteiger partial charge in [-0.2, -0.15) is 0 Å². The van der Waals surface area contributed by atoms with Gasteiger partial charge < -0.3 is 10.1 Å². The maximum atomic E-state index is 12.1. The molecule has 0 spiro atoms. The highest BCUT2D eigenvalue weighted by Crippen LogP contribution is 2.21. The maximum Gasteiger partial charge on any atom is 0.419 e. The Morgan fingerprint density at radius 2 is 1.87 bits per heavy atom. The number of nitrogens with zero attached hydrogens (tertiary/aromatic N) is 4. The predicted octanol–water partition coefficient (Wildman–Crippen LogP) is 3.31. The Kier molecular flexibility index (Phi) is 4.44. The van der Waals surface area contributed by atoms with Crippen LogP contribution in [0.3, 0.4) is 0 Å². The van der Waals surface area contributed by atoms with E-state index in [2.05, 4.69) is 20.1 Å². The Balaban J connectivity index is 1.62. The van der Waals surface area contributed by atoms with Gasteiger partial charge in [-0.05, 0) is 41.6 Å². The Hall–Kier alpha value is -3.00. The predicted molar refractivity (Wildman–Crippen MR) is 88.3 cm³/mol. The highest BCUT2D eigenvalue weighted by Gasteiger charge is 2.12. The van der Waals surface area contributed by atoms with Gasteiger partial charge in [0.2, 0.25) is 5.13 Å². The summed E-state index contributed by atoms with van der Waals surface area (Å²) in [4.78, 5) is 13.6. The monoisotopic (exact) mass is 327 g/mol. The van der Waals surface area contributed by atoms with Crippen molar-refractivity contribution in [3.05, 3.63) is 54.6 Å². The van der Waals surface area contributed by atoms with Gasteiger partial charge in [0.1, 0.15) is 5.75 Å². The number of rotatable bonds is 4. The standard InChI is InChI=1S/C15H13N5O2S/c1-20(12-5-3-2-4-6-12)15(21)22-13-9-7-11(8-10-13)16-14-17-18-19-23-14/h2-10H,1H3,(H,16,17,19). The largest absolute Gasteiger partial charge is 0.419 e. The molecule has 0 aliphatic rings. The molecule has 23 heavy (non-hydrogen) atoms. The zero-order valence-electron chi connectivity index (χ0n) is 12.2. The molecule has 0 fully saturated rings. The average molecular weight is 327 g/mol. The zero-order chi connectivity index (χ0) is 16.1. The third-order valence-corrected chi connectivity index (χ3v) is 3.54. The highest BCUT2D eigenvalue weighted by atomic mass is 32.1. The number of hydrogen-bond acceptors (Lipinski definition) is 7. The Morgan fingerprint density at radius 1 is 1.13 bits per heavy atom. The number of aromatic nitrogens is 3. The number of anilines is 3. The van der Waals surface area contributed by atoms with Crippen LogP contribution in [0.5, 0.6) is 5.75 Å². The first-order valence-electron chi connectivity index (χ1n) is 6.75. The van der Waals surface area contributed by atoms with Crippen molar-refractivity contribution < 1.29 is 9.53 Å². The van der Waals surface area contributed by atoms with E-state index >= 15 is 0 Å². The molecule has 1 heterocycles. The molecule has 8 heteroatoms. The molecule has 3 aromatic rings. The van der Waals surface area contributed by atoms with E-state index in [1.54, 1.807) is 31.3 Å². The number of amides is 1. The maximum absolute atomic E-state index is 12.1. The second-order valence-electron chi connectivity index (χ2n) is 4.58. The molecule has 0 saturated heterocycles. The summed E-state index contributed by atoms with van der Waals surface area (Å²) in [5, 5.41) is 10.9. The van der Waals surface area contributed by atoms with E-state index in [1.165, 1.54) is 4.90 Å². The molecule has 0 bridgehead atoms. The number of para-hydroxylation sites is 1. The quantitative estimate of drug-likeness (QED) is 0.792. The van der Waals surface area contributed by atoms with Crippen molar-refractivity contribution in [1.29, 1.82) is 0 Å². The van der Waals surface area contributed by atoms with Crippen molar-refractivity contribution >= 4 is 34.1 Å². The highest BCUT2D eigenvalue weighted by molar-refractivity contribution is 7.09. The van der Waals surface area contributed by atoms with Gasteiger partial charge in [-0.25, -0.2) is 4.79 Å². The normalized spacial score (nSPS) is 10.1. The van der Waals surface area contributed by atoms with Gasteiger partial charge in [-0.1, -0.05) is 27.8 Å². The first-order valence-corrected chi connectivity index (χ1v) is 7.52. The molecule has 0 radical (unpaired) electrons. The van der Waals surface area contributed by atoms with Crippen molar-refractivity contribution in [1.82, 2.24) is 14.8 Å². The van der Waals surface area contributed by atoms with E-state index < -0.39 is 6.09 Å². The van der Waals surface area contributed by atoms with Crippen LogP contribution in [-0.2, 0) is 0 Å². The summed E-state index contributed by atoms with van der Waals surface area (Å²) in [7, 11) is 1.66. The molecule has 1 aromatic heterocycles. The minimum atomic E-state index is -0.453. The minimum Gasteiger partial charge on any atom is -0.410 e. The molecule has 0 atom stereocenters. The Morgan fingerprint density at radius 3 is 2.52 bits per heavy atom. The van der Waals surface area contributed by atoms with Crippen molar-refractivity contribution in [3.63, 3.8) is 0 Å². The van der Waals surface area contributed by atoms with Crippen molar-refractivity contribution in [2.75, 3.05) is 17.3 Å². The summed E-state index contributed by atoms with van der Waals surface area (Å²) in [5.41, 5.74) is 1.57. The van der Waals surface area contributed by atoms with Crippen LogP contribution in [0.25, 0.3) is 0 Å². The fourth-order valence-corrected chi connectivity index (χ4v) is 2.22. The van der Waals surface area contributed by atoms with Crippen molar-refractivity contribution in [2.45, 2.75) is 0 Å². The summed E-state index contributed by atoms with van der Waals surface area (Å²) < 4.78 is 9.01. The second kappa shape index (κ2) is 6.84. The number of benzene rings is 2. The van der Waals surface area contributed by atoms with Gasteiger partial charge in [-0.3, -0.25) is 4.90 Å². The van der Waals surface area contributed by atoms with Crippen LogP contribution in [0.15, 0.2) is 54.6 Å². The smallest absolute Gasteiger partial charge is 0.410 e. The third-order valence-electron chi connectivity index (χ3n) is 3.03. The van der Waals surface area contributed by atoms with Crippen LogP contribution in [-0.4, -0.2) is 27.9 Å². The molecular weight excluding hydrogens is 314 g/mol. The van der Waals surface area contributed by atoms with Crippen molar-refractivity contribution in [3.8, 4) is 5.75 Å². The number of carbonyl (C=O) groups excluding carboxylic acids is 1. The number of nitrogens with one attached hydrogen (secondary N) is 1. The topological polar surface area (TPSA) is 80.2 Å². The molecule has 0 unspecified atom stereocenters. The first kappa shape index (κ1) is 14.9. The molecule has 0 aliphatic heterocycles. The second-order valence-corrected chi connectivity index (χ2v) is 5.31. The molecular formula is C15H13N5O2S. The van der Waals surface area contributed by atoms with E-state index in [0.717, 1.165) is 22.9 Å². The molecule has 0 saturated carbocycles. The fraction of sp³-hybridized carbons (Fsp3) is 0.0667. The fourth-order valence-electron chi connectivity index (χ4n) is 1.84. The van der Waals surface area contributed by atoms with Gasteiger partial charge in [-0.15, -0.1) is 0 Å². The van der Waals surface area contributed by atoms with Crippen LogP contribution in [0.1, 0.15) is 0 Å². The summed E-state index contributed by atoms with van der Waals surface area (Å²) in [6.45, 7) is 0. The average Bonchev–Trinajstić information content (AvgIpc) is 3.10. The molecule has 2 aromatic carbocycles. The first-order chi connectivity index (χ1) is 11.2. The lowest BCUT2D eigenvalue weighted by Gasteiger charge is -2.16. The summed E-state index contributed by atoms with van der Waals surface area (Å²) in [6.07, 6.45) is -0.453. The lowest BCUT2D eigenvalue weighted by Crippen LogP contribution is -2.29. The van der Waals surface area contributed by atoms with Gasteiger partial charge in [0.15, 0.2) is 0 Å². The van der Waals surface area contributed by atoms with Crippen LogP contribution >= 0.6 is 11.5 Å². The number of hydrogen-bond donors (Lipinski definition) is 1. The van der Waals surface area contributed by atoms with Crippen LogP contribution in [0, 0.1) is 0 Å². The summed E-state index contributed by atoms with van der Waals surface area (Å²) in [5.74, 6) is 0.457. The molecule has 0 aliphatic carbocycles. The van der Waals surface area contributed by atoms with E-state index in [-0.39, 0.29) is 0 Å². The molecule has 3 rings (SSSR count). The molecule has 7 nitrogen and oxygen atoms in total. The van der Waals surface area contributed by atoms with Gasteiger partial charge in [0.05, 0.1) is 0 Å². The van der Waals surface area contributed by atoms with E-state index in [9.17, 15) is 4.79 Å². The molecule has 1 amide bonds. The van der Waals surface area contributed by atoms with Gasteiger partial charge >= 0.3 is 6.09 Å². The van der Waals surface area contributed by atoms with Crippen molar-refractivity contribution in [2.24, 2.45) is 0 Å². The third kappa shape index (κ3) is 3.80. The summed E-state index contributed by atoms with van der Waals surface area (Å²) >= 11 is 1.16. The zero-order valence-corrected chi connectivity index (χ0v) is 13.0. The Labute approximate surface area is 136 Å². The minimum absolute atomic E-state index is 0.453. The van der Waals surface area contributed by atoms with Crippen LogP contribution < -0.4 is 15.0 Å². The van der Waals surface area contributed by atoms with Gasteiger partial charge in [0.25, 0.3) is 0 Å². The van der Waals surface area contributed by atoms with E-state index in [0.29, 0.717) is 10.9 Å². The lowest BCUT2D eigenvalue weighted by molar-refractivity contribution is 0.209. The van der Waals surface area contributed by atoms with Crippen LogP contribution in [0.4, 0.5) is 21.3 Å². The summed E-state index contributed by atoms with van der Waals surface area (Å²) in [6, 6.07) is 16.3. The van der Waals surface area contributed by atoms with Crippen LogP contribution in [0.2, 0.25) is 0 Å². The Bertz CT molecular complexity index is 762. The van der Waals surface area contributed by atoms with Gasteiger partial charge in [0, 0.05) is 30.0 Å². The number of carbonyl (C=O) groups is 1. The lowest BCUT2D eigenvalue weighted by atomic mass is 10.3. The molecule has 116 valence electrons. The molecule has 1 N–H and O–H groups in total.